The highest BCUT2D eigenvalue weighted by molar-refractivity contribution is 7.18. The van der Waals surface area contributed by atoms with Crippen LogP contribution >= 0.6 is 11.3 Å². The van der Waals surface area contributed by atoms with Crippen LogP contribution in [0.25, 0.3) is 0 Å². The lowest BCUT2D eigenvalue weighted by molar-refractivity contribution is 0.0921. The SMILES string of the molecule is CCN(C)c1nc(N)c(C(=O)NC(C)C(C)CO)s1. The van der Waals surface area contributed by atoms with Crippen LogP contribution in [-0.4, -0.2) is 42.2 Å². The van der Waals surface area contributed by atoms with Crippen LogP contribution in [-0.2, 0) is 0 Å². The number of nitrogen functional groups attached to an aromatic ring is 1. The van der Waals surface area contributed by atoms with E-state index in [0.29, 0.717) is 4.88 Å². The van der Waals surface area contributed by atoms with Gasteiger partial charge in [-0.15, -0.1) is 0 Å². The van der Waals surface area contributed by atoms with Crippen LogP contribution in [0.4, 0.5) is 10.9 Å². The summed E-state index contributed by atoms with van der Waals surface area (Å²) in [7, 11) is 1.90. The van der Waals surface area contributed by atoms with Crippen molar-refractivity contribution >= 4 is 28.2 Å². The smallest absolute Gasteiger partial charge is 0.265 e. The molecule has 0 aliphatic rings. The minimum atomic E-state index is -0.237. The van der Waals surface area contributed by atoms with Crippen molar-refractivity contribution in [3.05, 3.63) is 4.88 Å². The molecule has 1 amide bonds. The van der Waals surface area contributed by atoms with Crippen molar-refractivity contribution in [3.63, 3.8) is 0 Å². The number of nitrogens with one attached hydrogen (secondary N) is 1. The van der Waals surface area contributed by atoms with Gasteiger partial charge in [0.1, 0.15) is 10.7 Å². The minimum Gasteiger partial charge on any atom is -0.396 e. The molecule has 0 spiro atoms. The molecule has 2 atom stereocenters. The zero-order chi connectivity index (χ0) is 14.6. The van der Waals surface area contributed by atoms with E-state index in [9.17, 15) is 4.79 Å². The molecule has 2 unspecified atom stereocenters. The second-order valence-electron chi connectivity index (χ2n) is 4.65. The first-order chi connectivity index (χ1) is 8.90. The number of hydrogen-bond acceptors (Lipinski definition) is 6. The fourth-order valence-corrected chi connectivity index (χ4v) is 2.27. The highest BCUT2D eigenvalue weighted by Gasteiger charge is 2.21. The van der Waals surface area contributed by atoms with E-state index < -0.39 is 0 Å². The summed E-state index contributed by atoms with van der Waals surface area (Å²) in [4.78, 5) is 18.6. The highest BCUT2D eigenvalue weighted by Crippen LogP contribution is 2.27. The van der Waals surface area contributed by atoms with Crippen molar-refractivity contribution in [1.82, 2.24) is 10.3 Å². The molecule has 1 heterocycles. The van der Waals surface area contributed by atoms with Crippen molar-refractivity contribution < 1.29 is 9.90 Å². The lowest BCUT2D eigenvalue weighted by atomic mass is 10.1. The van der Waals surface area contributed by atoms with E-state index in [0.717, 1.165) is 11.7 Å². The van der Waals surface area contributed by atoms with Crippen molar-refractivity contribution in [2.45, 2.75) is 26.8 Å². The molecule has 0 saturated heterocycles. The van der Waals surface area contributed by atoms with E-state index >= 15 is 0 Å². The summed E-state index contributed by atoms with van der Waals surface area (Å²) < 4.78 is 0. The van der Waals surface area contributed by atoms with Crippen molar-refractivity contribution in [2.24, 2.45) is 5.92 Å². The maximum Gasteiger partial charge on any atom is 0.265 e. The van der Waals surface area contributed by atoms with Crippen LogP contribution in [0.3, 0.4) is 0 Å². The van der Waals surface area contributed by atoms with E-state index in [1.54, 1.807) is 0 Å². The van der Waals surface area contributed by atoms with Gasteiger partial charge in [-0.3, -0.25) is 4.79 Å². The van der Waals surface area contributed by atoms with Crippen molar-refractivity contribution in [3.8, 4) is 0 Å². The number of aromatic nitrogens is 1. The van der Waals surface area contributed by atoms with Gasteiger partial charge in [0.25, 0.3) is 5.91 Å². The van der Waals surface area contributed by atoms with Crippen molar-refractivity contribution in [1.29, 1.82) is 0 Å². The third-order valence-electron chi connectivity index (χ3n) is 3.15. The number of carbonyl (C=O) groups excluding carboxylic acids is 1. The number of rotatable bonds is 6. The zero-order valence-electron chi connectivity index (χ0n) is 11.8. The summed E-state index contributed by atoms with van der Waals surface area (Å²) in [5, 5.41) is 12.6. The molecule has 1 aromatic heterocycles. The molecule has 0 fully saturated rings. The Morgan fingerprint density at radius 2 is 2.21 bits per heavy atom. The maximum atomic E-state index is 12.1. The number of anilines is 2. The summed E-state index contributed by atoms with van der Waals surface area (Å²) in [5.41, 5.74) is 5.78. The van der Waals surface area contributed by atoms with E-state index in [1.165, 1.54) is 11.3 Å². The molecule has 0 radical (unpaired) electrons. The Balaban J connectivity index is 2.80. The molecule has 1 rings (SSSR count). The topological polar surface area (TPSA) is 91.5 Å². The average molecular weight is 286 g/mol. The molecule has 0 aromatic carbocycles. The van der Waals surface area contributed by atoms with Crippen LogP contribution in [0, 0.1) is 5.92 Å². The molecular weight excluding hydrogens is 264 g/mol. The number of hydrogen-bond donors (Lipinski definition) is 3. The van der Waals surface area contributed by atoms with Crippen LogP contribution in [0.1, 0.15) is 30.4 Å². The second kappa shape index (κ2) is 6.72. The molecule has 19 heavy (non-hydrogen) atoms. The predicted octanol–water partition coefficient (Wildman–Crippen LogP) is 0.928. The normalized spacial score (nSPS) is 13.9. The molecule has 1 aromatic rings. The van der Waals surface area contributed by atoms with E-state index in [4.69, 9.17) is 10.8 Å². The number of nitrogens with two attached hydrogens (primary N) is 1. The summed E-state index contributed by atoms with van der Waals surface area (Å²) in [6.07, 6.45) is 0. The monoisotopic (exact) mass is 286 g/mol. The molecule has 7 heteroatoms. The molecule has 0 bridgehead atoms. The minimum absolute atomic E-state index is 0.00381. The first-order valence-corrected chi connectivity index (χ1v) is 7.11. The number of nitrogens with zero attached hydrogens (tertiary/aromatic N) is 2. The third-order valence-corrected chi connectivity index (χ3v) is 4.33. The number of thiazole rings is 1. The fraction of sp³-hybridized carbons (Fsp3) is 0.667. The molecule has 6 nitrogen and oxygen atoms in total. The Hall–Kier alpha value is -1.34. The molecule has 0 aliphatic carbocycles. The van der Waals surface area contributed by atoms with Crippen LogP contribution < -0.4 is 16.0 Å². The maximum absolute atomic E-state index is 12.1. The zero-order valence-corrected chi connectivity index (χ0v) is 12.6. The quantitative estimate of drug-likeness (QED) is 0.723. The van der Waals surface area contributed by atoms with Crippen LogP contribution in [0.5, 0.6) is 0 Å². The Kier molecular flexibility index (Phi) is 5.56. The summed E-state index contributed by atoms with van der Waals surface area (Å²) in [5.74, 6) is 0.0103. The number of aliphatic hydroxyl groups is 1. The van der Waals surface area contributed by atoms with Gasteiger partial charge >= 0.3 is 0 Å². The van der Waals surface area contributed by atoms with Gasteiger partial charge in [0.15, 0.2) is 5.13 Å². The number of aliphatic hydroxyl groups excluding tert-OH is 1. The Bertz CT molecular complexity index is 435. The summed E-state index contributed by atoms with van der Waals surface area (Å²) in [6.45, 7) is 6.56. The van der Waals surface area contributed by atoms with Crippen LogP contribution in [0.15, 0.2) is 0 Å². The van der Waals surface area contributed by atoms with Gasteiger partial charge in [0, 0.05) is 26.2 Å². The van der Waals surface area contributed by atoms with E-state index in [-0.39, 0.29) is 30.3 Å². The van der Waals surface area contributed by atoms with Gasteiger partial charge in [-0.2, -0.15) is 0 Å². The van der Waals surface area contributed by atoms with E-state index in [1.807, 2.05) is 32.7 Å². The van der Waals surface area contributed by atoms with Gasteiger partial charge in [0.05, 0.1) is 0 Å². The Morgan fingerprint density at radius 1 is 1.58 bits per heavy atom. The van der Waals surface area contributed by atoms with Gasteiger partial charge in [-0.1, -0.05) is 18.3 Å². The van der Waals surface area contributed by atoms with Gasteiger partial charge in [-0.05, 0) is 19.8 Å². The Labute approximate surface area is 117 Å². The predicted molar refractivity (Wildman–Crippen MR) is 78.6 cm³/mol. The Morgan fingerprint density at radius 3 is 2.74 bits per heavy atom. The second-order valence-corrected chi connectivity index (χ2v) is 5.62. The lowest BCUT2D eigenvalue weighted by Gasteiger charge is -2.18. The molecular formula is C12H22N4O2S. The van der Waals surface area contributed by atoms with Gasteiger partial charge in [0.2, 0.25) is 0 Å². The average Bonchev–Trinajstić information content (AvgIpc) is 2.78. The van der Waals surface area contributed by atoms with Gasteiger partial charge < -0.3 is 21.1 Å². The highest BCUT2D eigenvalue weighted by atomic mass is 32.1. The summed E-state index contributed by atoms with van der Waals surface area (Å²) >= 11 is 1.28. The standard InChI is InChI=1S/C12H22N4O2S/c1-5-16(4)12-15-10(13)9(19-12)11(18)14-8(3)7(2)6-17/h7-8,17H,5-6,13H2,1-4H3,(H,14,18). The molecule has 4 N–H and O–H groups in total. The largest absolute Gasteiger partial charge is 0.396 e. The lowest BCUT2D eigenvalue weighted by Crippen LogP contribution is -2.38. The van der Waals surface area contributed by atoms with Crippen molar-refractivity contribution in [2.75, 3.05) is 30.8 Å². The molecule has 0 saturated carbocycles. The first-order valence-electron chi connectivity index (χ1n) is 6.29. The number of carbonyl (C=O) groups is 1. The first kappa shape index (κ1) is 15.7. The van der Waals surface area contributed by atoms with E-state index in [2.05, 4.69) is 10.3 Å². The summed E-state index contributed by atoms with van der Waals surface area (Å²) in [6, 6.07) is -0.119. The fourth-order valence-electron chi connectivity index (χ4n) is 1.35. The number of amides is 1. The van der Waals surface area contributed by atoms with Crippen LogP contribution in [0.2, 0.25) is 0 Å². The third kappa shape index (κ3) is 3.81. The molecule has 0 aliphatic heterocycles. The van der Waals surface area contributed by atoms with Gasteiger partial charge in [-0.25, -0.2) is 4.98 Å². The molecule has 108 valence electrons.